The zero-order valence-electron chi connectivity index (χ0n) is 13.3. The van der Waals surface area contributed by atoms with Crippen molar-refractivity contribution in [2.45, 2.75) is 13.8 Å². The van der Waals surface area contributed by atoms with Crippen molar-refractivity contribution in [1.29, 1.82) is 0 Å². The summed E-state index contributed by atoms with van der Waals surface area (Å²) in [6.45, 7) is 3.74. The third-order valence-corrected chi connectivity index (χ3v) is 5.28. The van der Waals surface area contributed by atoms with Crippen molar-refractivity contribution in [2.24, 2.45) is 0 Å². The average Bonchev–Trinajstić information content (AvgIpc) is 2.51. The summed E-state index contributed by atoms with van der Waals surface area (Å²) in [6.07, 6.45) is 0. The average molecular weight is 392 g/mol. The highest BCUT2D eigenvalue weighted by Gasteiger charge is 2.31. The summed E-state index contributed by atoms with van der Waals surface area (Å²) >= 11 is 11.4. The van der Waals surface area contributed by atoms with Crippen LogP contribution < -0.4 is 10.2 Å². The van der Waals surface area contributed by atoms with E-state index in [2.05, 4.69) is 10.2 Å². The van der Waals surface area contributed by atoms with E-state index in [1.165, 1.54) is 4.67 Å². The van der Waals surface area contributed by atoms with Crippen LogP contribution in [0.15, 0.2) is 0 Å². The number of carbonyl (C=O) groups excluding carboxylic acids is 2. The lowest BCUT2D eigenvalue weighted by Crippen LogP contribution is -2.41. The number of alkyl halides is 2. The number of esters is 2. The normalized spacial score (nSPS) is 11.5. The molecule has 0 aliphatic heterocycles. The summed E-state index contributed by atoms with van der Waals surface area (Å²) in [7, 11) is -3.45. The molecule has 0 amide bonds. The van der Waals surface area contributed by atoms with Gasteiger partial charge in [-0.05, 0) is 13.8 Å². The van der Waals surface area contributed by atoms with E-state index in [1.807, 2.05) is 0 Å². The van der Waals surface area contributed by atoms with E-state index in [0.717, 1.165) is 0 Å². The molecule has 0 fully saturated rings. The predicted octanol–water partition coefficient (Wildman–Crippen LogP) is 1.18. The standard InChI is InChI=1S/C12H24Cl2N3O5P/c1-3-21-11(18)9-15-23(20,16-10-12(19)22-4-2)17(7-5-13)8-6-14/h3-10H2,1-2H3,(H2,15,16,20). The molecule has 0 atom stereocenters. The van der Waals surface area contributed by atoms with E-state index < -0.39 is 19.5 Å². The van der Waals surface area contributed by atoms with Crippen molar-refractivity contribution in [3.05, 3.63) is 0 Å². The number of nitrogens with zero attached hydrogens (tertiary/aromatic N) is 1. The molecule has 0 aliphatic carbocycles. The van der Waals surface area contributed by atoms with Gasteiger partial charge in [0.25, 0.3) is 7.59 Å². The Kier molecular flexibility index (Phi) is 12.8. The van der Waals surface area contributed by atoms with E-state index in [4.69, 9.17) is 32.7 Å². The molecule has 11 heteroatoms. The molecule has 0 aliphatic rings. The summed E-state index contributed by atoms with van der Waals surface area (Å²) in [4.78, 5) is 22.9. The van der Waals surface area contributed by atoms with Crippen LogP contribution in [0.5, 0.6) is 0 Å². The molecule has 0 aromatic heterocycles. The van der Waals surface area contributed by atoms with Gasteiger partial charge in [0.15, 0.2) is 0 Å². The summed E-state index contributed by atoms with van der Waals surface area (Å²) in [5.74, 6) is -0.684. The van der Waals surface area contributed by atoms with E-state index >= 15 is 0 Å². The number of hydrogen-bond acceptors (Lipinski definition) is 5. The number of hydrogen-bond donors (Lipinski definition) is 2. The van der Waals surface area contributed by atoms with Gasteiger partial charge in [-0.3, -0.25) is 14.2 Å². The number of rotatable bonds is 13. The van der Waals surface area contributed by atoms with Crippen LogP contribution in [-0.2, 0) is 23.6 Å². The van der Waals surface area contributed by atoms with Gasteiger partial charge in [0, 0.05) is 24.8 Å². The zero-order valence-corrected chi connectivity index (χ0v) is 15.8. The Morgan fingerprint density at radius 3 is 1.65 bits per heavy atom. The summed E-state index contributed by atoms with van der Waals surface area (Å²) in [6, 6.07) is 0. The maximum atomic E-state index is 13.1. The molecule has 2 N–H and O–H groups in total. The first-order chi connectivity index (χ1) is 10.9. The Balaban J connectivity index is 4.95. The molecule has 0 aromatic carbocycles. The summed E-state index contributed by atoms with van der Waals surface area (Å²) in [5.41, 5.74) is 0. The Morgan fingerprint density at radius 2 is 1.35 bits per heavy atom. The largest absolute Gasteiger partial charge is 0.465 e. The molecule has 0 heterocycles. The van der Waals surface area contributed by atoms with Crippen LogP contribution in [0.25, 0.3) is 0 Å². The lowest BCUT2D eigenvalue weighted by atomic mass is 10.6. The van der Waals surface area contributed by atoms with E-state index in [0.29, 0.717) is 0 Å². The second-order valence-corrected chi connectivity index (χ2v) is 7.29. The van der Waals surface area contributed by atoms with Gasteiger partial charge in [-0.25, -0.2) is 14.8 Å². The molecule has 136 valence electrons. The summed E-state index contributed by atoms with van der Waals surface area (Å²) in [5, 5.41) is 5.24. The monoisotopic (exact) mass is 391 g/mol. The van der Waals surface area contributed by atoms with Crippen LogP contribution in [-0.4, -0.2) is 67.8 Å². The minimum atomic E-state index is -3.45. The molecule has 0 radical (unpaired) electrons. The maximum absolute atomic E-state index is 13.1. The van der Waals surface area contributed by atoms with Crippen molar-refractivity contribution >= 4 is 42.7 Å². The SMILES string of the molecule is CCOC(=O)CNP(=O)(NCC(=O)OCC)N(CCCl)CCCl. The van der Waals surface area contributed by atoms with Gasteiger partial charge in [0.2, 0.25) is 0 Å². The van der Waals surface area contributed by atoms with Crippen LogP contribution in [0.1, 0.15) is 13.8 Å². The minimum absolute atomic E-state index is 0.211. The third-order valence-electron chi connectivity index (χ3n) is 2.57. The molecule has 0 unspecified atom stereocenters. The van der Waals surface area contributed by atoms with Gasteiger partial charge in [-0.15, -0.1) is 23.2 Å². The van der Waals surface area contributed by atoms with Crippen molar-refractivity contribution in [1.82, 2.24) is 14.8 Å². The number of nitrogens with one attached hydrogen (secondary N) is 2. The second kappa shape index (κ2) is 13.0. The van der Waals surface area contributed by atoms with Gasteiger partial charge in [0.1, 0.15) is 13.1 Å². The molecule has 0 aromatic rings. The molecular formula is C12H24Cl2N3O5P. The maximum Gasteiger partial charge on any atom is 0.320 e. The highest BCUT2D eigenvalue weighted by atomic mass is 35.5. The fourth-order valence-electron chi connectivity index (χ4n) is 1.61. The highest BCUT2D eigenvalue weighted by Crippen LogP contribution is 2.40. The first kappa shape index (κ1) is 22.6. The Labute approximate surface area is 146 Å². The molecule has 0 saturated heterocycles. The van der Waals surface area contributed by atoms with Crippen molar-refractivity contribution in [3.63, 3.8) is 0 Å². The lowest BCUT2D eigenvalue weighted by molar-refractivity contribution is -0.142. The number of halogens is 2. The first-order valence-corrected chi connectivity index (χ1v) is 9.95. The quantitative estimate of drug-likeness (QED) is 0.274. The second-order valence-electron chi connectivity index (χ2n) is 4.19. The van der Waals surface area contributed by atoms with E-state index in [1.54, 1.807) is 13.8 Å². The molecule has 0 spiro atoms. The van der Waals surface area contributed by atoms with Gasteiger partial charge in [0.05, 0.1) is 13.2 Å². The fraction of sp³-hybridized carbons (Fsp3) is 0.833. The zero-order chi connectivity index (χ0) is 17.7. The number of ether oxygens (including phenoxy) is 2. The van der Waals surface area contributed by atoms with Gasteiger partial charge in [-0.2, -0.15) is 0 Å². The smallest absolute Gasteiger partial charge is 0.320 e. The predicted molar refractivity (Wildman–Crippen MR) is 89.9 cm³/mol. The molecule has 0 saturated carbocycles. The minimum Gasteiger partial charge on any atom is -0.465 e. The van der Waals surface area contributed by atoms with Crippen molar-refractivity contribution in [2.75, 3.05) is 51.2 Å². The topological polar surface area (TPSA) is 97.0 Å². The molecule has 0 rings (SSSR count). The van der Waals surface area contributed by atoms with E-state index in [9.17, 15) is 14.2 Å². The van der Waals surface area contributed by atoms with Crippen LogP contribution in [0.2, 0.25) is 0 Å². The Bertz CT molecular complexity index is 382. The molecular weight excluding hydrogens is 368 g/mol. The highest BCUT2D eigenvalue weighted by molar-refractivity contribution is 7.57. The van der Waals surface area contributed by atoms with Crippen LogP contribution in [0.4, 0.5) is 0 Å². The van der Waals surface area contributed by atoms with Gasteiger partial charge in [-0.1, -0.05) is 0 Å². The van der Waals surface area contributed by atoms with Crippen molar-refractivity contribution in [3.8, 4) is 0 Å². The molecule has 0 bridgehead atoms. The fourth-order valence-corrected chi connectivity index (χ4v) is 4.22. The van der Waals surface area contributed by atoms with Crippen LogP contribution in [0, 0.1) is 0 Å². The lowest BCUT2D eigenvalue weighted by Gasteiger charge is -2.31. The summed E-state index contributed by atoms with van der Waals surface area (Å²) < 4.78 is 24.1. The molecule has 23 heavy (non-hydrogen) atoms. The first-order valence-electron chi connectivity index (χ1n) is 7.22. The van der Waals surface area contributed by atoms with Gasteiger partial charge >= 0.3 is 11.9 Å². The van der Waals surface area contributed by atoms with Crippen LogP contribution in [0.3, 0.4) is 0 Å². The molecule has 8 nitrogen and oxygen atoms in total. The Morgan fingerprint density at radius 1 is 0.957 bits per heavy atom. The third kappa shape index (κ3) is 9.49. The van der Waals surface area contributed by atoms with E-state index in [-0.39, 0.29) is 51.2 Å². The number of carbonyl (C=O) groups is 2. The van der Waals surface area contributed by atoms with Crippen LogP contribution >= 0.6 is 30.8 Å². The Hall–Kier alpha value is -0.370. The van der Waals surface area contributed by atoms with Gasteiger partial charge < -0.3 is 9.47 Å². The van der Waals surface area contributed by atoms with Crippen molar-refractivity contribution < 1.29 is 23.6 Å².